The van der Waals surface area contributed by atoms with Crippen LogP contribution >= 0.6 is 0 Å². The number of aromatic nitrogens is 1. The summed E-state index contributed by atoms with van der Waals surface area (Å²) in [5.41, 5.74) is 4.83. The first-order chi connectivity index (χ1) is 5.20. The third-order valence-electron chi connectivity index (χ3n) is 1.22. The fourth-order valence-electron chi connectivity index (χ4n) is 0.741. The van der Waals surface area contributed by atoms with Gasteiger partial charge in [-0.3, -0.25) is 14.2 Å². The van der Waals surface area contributed by atoms with Crippen molar-refractivity contribution in [3.63, 3.8) is 0 Å². The molecule has 2 N–H and O–H groups in total. The summed E-state index contributed by atoms with van der Waals surface area (Å²) in [5.74, 6) is -0.911. The van der Waals surface area contributed by atoms with E-state index >= 15 is 0 Å². The number of rotatable bonds is 2. The standard InChI is InChI=1S/C7H8N2O2/c8-6(10)5-7(11)9-3-1-2-4-9/h1-4H,5H2,(H2,8,10). The normalized spacial score (nSPS) is 9.45. The molecule has 1 aromatic rings. The van der Waals surface area contributed by atoms with E-state index in [-0.39, 0.29) is 12.3 Å². The van der Waals surface area contributed by atoms with E-state index in [1.807, 2.05) is 0 Å². The molecule has 0 aromatic carbocycles. The van der Waals surface area contributed by atoms with E-state index in [9.17, 15) is 9.59 Å². The Morgan fingerprint density at radius 2 is 1.82 bits per heavy atom. The van der Waals surface area contributed by atoms with Gasteiger partial charge < -0.3 is 5.73 Å². The molecule has 0 spiro atoms. The molecule has 1 heterocycles. The van der Waals surface area contributed by atoms with Crippen molar-refractivity contribution < 1.29 is 9.59 Å². The van der Waals surface area contributed by atoms with Crippen LogP contribution in [0.2, 0.25) is 0 Å². The monoisotopic (exact) mass is 152 g/mol. The first-order valence-corrected chi connectivity index (χ1v) is 3.14. The van der Waals surface area contributed by atoms with E-state index in [1.165, 1.54) is 4.57 Å². The lowest BCUT2D eigenvalue weighted by molar-refractivity contribution is -0.117. The highest BCUT2D eigenvalue weighted by molar-refractivity contribution is 5.97. The molecule has 1 amide bonds. The Morgan fingerprint density at radius 3 is 2.27 bits per heavy atom. The van der Waals surface area contributed by atoms with Gasteiger partial charge in [0.2, 0.25) is 11.8 Å². The van der Waals surface area contributed by atoms with Crippen molar-refractivity contribution in [1.82, 2.24) is 4.57 Å². The summed E-state index contributed by atoms with van der Waals surface area (Å²) < 4.78 is 1.32. The Hall–Kier alpha value is -1.58. The minimum atomic E-state index is -0.608. The molecule has 4 nitrogen and oxygen atoms in total. The van der Waals surface area contributed by atoms with Gasteiger partial charge in [0.05, 0.1) is 0 Å². The number of primary amides is 1. The van der Waals surface area contributed by atoms with Crippen LogP contribution in [0, 0.1) is 0 Å². The van der Waals surface area contributed by atoms with Gasteiger partial charge in [-0.05, 0) is 12.1 Å². The van der Waals surface area contributed by atoms with E-state index in [0.29, 0.717) is 0 Å². The molecular formula is C7H8N2O2. The quantitative estimate of drug-likeness (QED) is 0.606. The molecule has 0 atom stereocenters. The lowest BCUT2D eigenvalue weighted by atomic mass is 10.4. The van der Waals surface area contributed by atoms with E-state index < -0.39 is 5.91 Å². The van der Waals surface area contributed by atoms with E-state index in [0.717, 1.165) is 0 Å². The van der Waals surface area contributed by atoms with Crippen molar-refractivity contribution in [3.8, 4) is 0 Å². The minimum Gasteiger partial charge on any atom is -0.369 e. The maximum absolute atomic E-state index is 11.0. The Balaban J connectivity index is 2.64. The Labute approximate surface area is 63.6 Å². The van der Waals surface area contributed by atoms with E-state index in [2.05, 4.69) is 0 Å². The van der Waals surface area contributed by atoms with E-state index in [4.69, 9.17) is 5.73 Å². The molecule has 0 fully saturated rings. The second-order valence-electron chi connectivity index (χ2n) is 2.13. The molecule has 0 radical (unpaired) electrons. The Kier molecular flexibility index (Phi) is 2.06. The zero-order chi connectivity index (χ0) is 8.27. The molecule has 58 valence electrons. The summed E-state index contributed by atoms with van der Waals surface area (Å²) in [6, 6.07) is 3.41. The number of hydrogen-bond donors (Lipinski definition) is 1. The molecule has 0 aliphatic heterocycles. The summed E-state index contributed by atoms with van der Waals surface area (Å²) in [6.07, 6.45) is 2.91. The third kappa shape index (κ3) is 1.93. The molecule has 4 heteroatoms. The predicted octanol–water partition coefficient (Wildman–Crippen LogP) is 0.00370. The second-order valence-corrected chi connectivity index (χ2v) is 2.13. The van der Waals surface area contributed by atoms with Gasteiger partial charge in [-0.25, -0.2) is 0 Å². The Bertz CT molecular complexity index is 264. The van der Waals surface area contributed by atoms with Crippen molar-refractivity contribution in [3.05, 3.63) is 24.5 Å². The van der Waals surface area contributed by atoms with Gasteiger partial charge in [0.25, 0.3) is 0 Å². The zero-order valence-corrected chi connectivity index (χ0v) is 5.86. The summed E-state index contributed by atoms with van der Waals surface area (Å²) in [7, 11) is 0. The van der Waals surface area contributed by atoms with Crippen molar-refractivity contribution in [2.45, 2.75) is 6.42 Å². The van der Waals surface area contributed by atoms with Crippen molar-refractivity contribution in [1.29, 1.82) is 0 Å². The number of amides is 1. The molecule has 0 saturated heterocycles. The van der Waals surface area contributed by atoms with Gasteiger partial charge in [-0.15, -0.1) is 0 Å². The van der Waals surface area contributed by atoms with Crippen LogP contribution < -0.4 is 5.73 Å². The van der Waals surface area contributed by atoms with Crippen LogP contribution in [-0.2, 0) is 4.79 Å². The molecule has 1 aromatic heterocycles. The third-order valence-corrected chi connectivity index (χ3v) is 1.22. The summed E-state index contributed by atoms with van der Waals surface area (Å²) in [6.45, 7) is 0. The molecular weight excluding hydrogens is 144 g/mol. The molecule has 1 rings (SSSR count). The van der Waals surface area contributed by atoms with Gasteiger partial charge >= 0.3 is 0 Å². The van der Waals surface area contributed by atoms with Crippen molar-refractivity contribution in [2.75, 3.05) is 0 Å². The van der Waals surface area contributed by atoms with Crippen LogP contribution in [0.1, 0.15) is 11.2 Å². The fourth-order valence-corrected chi connectivity index (χ4v) is 0.741. The van der Waals surface area contributed by atoms with Gasteiger partial charge in [0.15, 0.2) is 0 Å². The zero-order valence-electron chi connectivity index (χ0n) is 5.86. The van der Waals surface area contributed by atoms with Crippen LogP contribution in [0.4, 0.5) is 0 Å². The molecule has 0 saturated carbocycles. The second kappa shape index (κ2) is 3.01. The maximum Gasteiger partial charge on any atom is 0.239 e. The molecule has 11 heavy (non-hydrogen) atoms. The van der Waals surface area contributed by atoms with Crippen molar-refractivity contribution >= 4 is 11.8 Å². The smallest absolute Gasteiger partial charge is 0.239 e. The predicted molar refractivity (Wildman–Crippen MR) is 38.9 cm³/mol. The number of nitrogens with two attached hydrogens (primary N) is 1. The van der Waals surface area contributed by atoms with Gasteiger partial charge in [0, 0.05) is 12.4 Å². The number of hydrogen-bond acceptors (Lipinski definition) is 2. The molecule has 0 unspecified atom stereocenters. The average molecular weight is 152 g/mol. The highest BCUT2D eigenvalue weighted by Crippen LogP contribution is 1.92. The lowest BCUT2D eigenvalue weighted by Gasteiger charge is -1.96. The van der Waals surface area contributed by atoms with Gasteiger partial charge in [-0.1, -0.05) is 0 Å². The largest absolute Gasteiger partial charge is 0.369 e. The summed E-state index contributed by atoms with van der Waals surface area (Å²) >= 11 is 0. The van der Waals surface area contributed by atoms with Crippen LogP contribution in [0.25, 0.3) is 0 Å². The van der Waals surface area contributed by atoms with Crippen molar-refractivity contribution in [2.24, 2.45) is 5.73 Å². The summed E-state index contributed by atoms with van der Waals surface area (Å²) in [5, 5.41) is 0. The number of carbonyl (C=O) groups is 2. The highest BCUT2D eigenvalue weighted by Gasteiger charge is 2.05. The average Bonchev–Trinajstić information content (AvgIpc) is 2.35. The summed E-state index contributed by atoms with van der Waals surface area (Å²) in [4.78, 5) is 21.3. The van der Waals surface area contributed by atoms with Gasteiger partial charge in [-0.2, -0.15) is 0 Å². The Morgan fingerprint density at radius 1 is 1.27 bits per heavy atom. The molecule has 0 aliphatic carbocycles. The topological polar surface area (TPSA) is 65.1 Å². The van der Waals surface area contributed by atoms with Crippen LogP contribution in [-0.4, -0.2) is 16.4 Å². The van der Waals surface area contributed by atoms with Crippen LogP contribution in [0.5, 0.6) is 0 Å². The first kappa shape index (κ1) is 7.53. The first-order valence-electron chi connectivity index (χ1n) is 3.14. The van der Waals surface area contributed by atoms with E-state index in [1.54, 1.807) is 24.5 Å². The van der Waals surface area contributed by atoms with Crippen LogP contribution in [0.15, 0.2) is 24.5 Å². The van der Waals surface area contributed by atoms with Gasteiger partial charge in [0.1, 0.15) is 6.42 Å². The highest BCUT2D eigenvalue weighted by atomic mass is 16.2. The fraction of sp³-hybridized carbons (Fsp3) is 0.143. The number of nitrogens with zero attached hydrogens (tertiary/aromatic N) is 1. The molecule has 0 aliphatic rings. The number of carbonyl (C=O) groups excluding carboxylic acids is 2. The molecule has 0 bridgehead atoms. The minimum absolute atomic E-state index is 0.241. The van der Waals surface area contributed by atoms with Crippen LogP contribution in [0.3, 0.4) is 0 Å². The SMILES string of the molecule is NC(=O)CC(=O)n1cccc1. The maximum atomic E-state index is 11.0. The lowest BCUT2D eigenvalue weighted by Crippen LogP contribution is -2.19.